The summed E-state index contributed by atoms with van der Waals surface area (Å²) >= 11 is 0. The predicted octanol–water partition coefficient (Wildman–Crippen LogP) is 1.54. The Bertz CT molecular complexity index is 347. The average molecular weight is 254 g/mol. The molecule has 0 amide bonds. The highest BCUT2D eigenvalue weighted by Crippen LogP contribution is 2.26. The molecule has 0 fully saturated rings. The van der Waals surface area contributed by atoms with Crippen LogP contribution >= 0.6 is 0 Å². The Balaban J connectivity index is 2.88. The van der Waals surface area contributed by atoms with Crippen molar-refractivity contribution in [2.45, 2.75) is 51.7 Å². The molecule has 0 aromatic carbocycles. The van der Waals surface area contributed by atoms with E-state index in [9.17, 15) is 0 Å². The maximum atomic E-state index is 6.05. The van der Waals surface area contributed by atoms with Crippen LogP contribution in [-0.4, -0.2) is 40.1 Å². The maximum absolute atomic E-state index is 6.05. The first kappa shape index (κ1) is 15.1. The molecule has 0 radical (unpaired) electrons. The Labute approximate surface area is 110 Å². The molecule has 0 saturated heterocycles. The van der Waals surface area contributed by atoms with Crippen molar-refractivity contribution in [1.29, 1.82) is 0 Å². The van der Waals surface area contributed by atoms with E-state index in [1.807, 2.05) is 18.8 Å². The summed E-state index contributed by atoms with van der Waals surface area (Å²) in [6.45, 7) is 7.15. The van der Waals surface area contributed by atoms with Gasteiger partial charge >= 0.3 is 0 Å². The minimum atomic E-state index is -0.130. The average Bonchev–Trinajstić information content (AvgIpc) is 2.79. The molecule has 1 N–H and O–H groups in total. The molecule has 0 spiro atoms. The molecular formula is C13H26N4O. The molecule has 0 aliphatic carbocycles. The summed E-state index contributed by atoms with van der Waals surface area (Å²) < 4.78 is 7.88. The highest BCUT2D eigenvalue weighted by molar-refractivity contribution is 4.98. The predicted molar refractivity (Wildman–Crippen MR) is 72.5 cm³/mol. The molecule has 0 bridgehead atoms. The number of nitrogens with zero attached hydrogens (tertiary/aromatic N) is 3. The summed E-state index contributed by atoms with van der Waals surface area (Å²) in [4.78, 5) is 4.30. The first-order chi connectivity index (χ1) is 8.63. The molecule has 5 heteroatoms. The quantitative estimate of drug-likeness (QED) is 0.764. The number of aryl methyl sites for hydroxylation is 1. The van der Waals surface area contributed by atoms with Crippen LogP contribution < -0.4 is 5.32 Å². The van der Waals surface area contributed by atoms with Gasteiger partial charge in [-0.2, -0.15) is 5.10 Å². The highest BCUT2D eigenvalue weighted by atomic mass is 16.5. The van der Waals surface area contributed by atoms with Gasteiger partial charge in [0.05, 0.1) is 5.60 Å². The number of likely N-dealkylation sites (N-methyl/N-ethyl adjacent to an activating group) is 1. The van der Waals surface area contributed by atoms with Crippen LogP contribution in [0.4, 0.5) is 0 Å². The van der Waals surface area contributed by atoms with Crippen molar-refractivity contribution in [3.05, 3.63) is 12.2 Å². The summed E-state index contributed by atoms with van der Waals surface area (Å²) in [5, 5.41) is 7.51. The van der Waals surface area contributed by atoms with Crippen molar-refractivity contribution in [3.8, 4) is 0 Å². The van der Waals surface area contributed by atoms with E-state index >= 15 is 0 Å². The van der Waals surface area contributed by atoms with Gasteiger partial charge in [-0.15, -0.1) is 0 Å². The van der Waals surface area contributed by atoms with E-state index < -0.39 is 0 Å². The zero-order valence-electron chi connectivity index (χ0n) is 12.2. The SMILES string of the molecule is CCOC(CC)(CC)C(Cc1ncnn1C)NC. The zero-order chi connectivity index (χ0) is 13.6. The van der Waals surface area contributed by atoms with Crippen molar-refractivity contribution in [2.75, 3.05) is 13.7 Å². The Kier molecular flexibility index (Phi) is 5.75. The monoisotopic (exact) mass is 254 g/mol. The minimum absolute atomic E-state index is 0.130. The van der Waals surface area contributed by atoms with Crippen LogP contribution in [0, 0.1) is 0 Å². The maximum Gasteiger partial charge on any atom is 0.138 e. The Morgan fingerprint density at radius 3 is 2.44 bits per heavy atom. The van der Waals surface area contributed by atoms with Gasteiger partial charge in [0.2, 0.25) is 0 Å². The van der Waals surface area contributed by atoms with E-state index in [0.717, 1.165) is 31.7 Å². The number of nitrogens with one attached hydrogen (secondary N) is 1. The van der Waals surface area contributed by atoms with Gasteiger partial charge in [-0.25, -0.2) is 4.98 Å². The van der Waals surface area contributed by atoms with E-state index in [1.54, 1.807) is 6.33 Å². The van der Waals surface area contributed by atoms with E-state index in [2.05, 4.69) is 36.2 Å². The zero-order valence-corrected chi connectivity index (χ0v) is 12.2. The van der Waals surface area contributed by atoms with E-state index in [0.29, 0.717) is 0 Å². The van der Waals surface area contributed by atoms with Crippen LogP contribution in [0.3, 0.4) is 0 Å². The van der Waals surface area contributed by atoms with Crippen molar-refractivity contribution in [3.63, 3.8) is 0 Å². The molecule has 0 saturated carbocycles. The van der Waals surface area contributed by atoms with Gasteiger partial charge in [0, 0.05) is 26.1 Å². The van der Waals surface area contributed by atoms with Crippen LogP contribution in [0.2, 0.25) is 0 Å². The van der Waals surface area contributed by atoms with Gasteiger partial charge in [0.1, 0.15) is 12.2 Å². The smallest absolute Gasteiger partial charge is 0.138 e. The molecule has 104 valence electrons. The normalized spacial score (nSPS) is 13.8. The second kappa shape index (κ2) is 6.85. The largest absolute Gasteiger partial charge is 0.374 e. The van der Waals surface area contributed by atoms with Crippen molar-refractivity contribution in [1.82, 2.24) is 20.1 Å². The molecule has 1 heterocycles. The summed E-state index contributed by atoms with van der Waals surface area (Å²) in [5.74, 6) is 0.986. The molecule has 18 heavy (non-hydrogen) atoms. The molecule has 5 nitrogen and oxygen atoms in total. The fraction of sp³-hybridized carbons (Fsp3) is 0.846. The van der Waals surface area contributed by atoms with Crippen LogP contribution in [0.5, 0.6) is 0 Å². The fourth-order valence-electron chi connectivity index (χ4n) is 2.57. The third kappa shape index (κ3) is 3.09. The van der Waals surface area contributed by atoms with Crippen molar-refractivity contribution in [2.24, 2.45) is 7.05 Å². The van der Waals surface area contributed by atoms with Crippen molar-refractivity contribution < 1.29 is 4.74 Å². The molecule has 1 aromatic heterocycles. The van der Waals surface area contributed by atoms with Gasteiger partial charge in [-0.3, -0.25) is 4.68 Å². The first-order valence-electron chi connectivity index (χ1n) is 6.77. The fourth-order valence-corrected chi connectivity index (χ4v) is 2.57. The van der Waals surface area contributed by atoms with Gasteiger partial charge in [-0.05, 0) is 26.8 Å². The van der Waals surface area contributed by atoms with Crippen LogP contribution in [0.1, 0.15) is 39.4 Å². The summed E-state index contributed by atoms with van der Waals surface area (Å²) in [7, 11) is 3.91. The topological polar surface area (TPSA) is 52.0 Å². The molecule has 1 atom stereocenters. The molecule has 0 aliphatic heterocycles. The van der Waals surface area contributed by atoms with E-state index in [1.165, 1.54) is 0 Å². The van der Waals surface area contributed by atoms with Crippen molar-refractivity contribution >= 4 is 0 Å². The summed E-state index contributed by atoms with van der Waals surface area (Å²) in [6, 6.07) is 0.246. The first-order valence-corrected chi connectivity index (χ1v) is 6.77. The third-order valence-electron chi connectivity index (χ3n) is 3.80. The number of ether oxygens (including phenoxy) is 1. The number of hydrogen-bond acceptors (Lipinski definition) is 4. The second-order valence-corrected chi connectivity index (χ2v) is 4.55. The Morgan fingerprint density at radius 1 is 1.39 bits per heavy atom. The lowest BCUT2D eigenvalue weighted by atomic mass is 9.86. The van der Waals surface area contributed by atoms with Gasteiger partial charge in [-0.1, -0.05) is 13.8 Å². The number of rotatable bonds is 8. The summed E-state index contributed by atoms with van der Waals surface area (Å²) in [5.41, 5.74) is -0.130. The highest BCUT2D eigenvalue weighted by Gasteiger charge is 2.36. The van der Waals surface area contributed by atoms with Crippen LogP contribution in [-0.2, 0) is 18.2 Å². The number of aromatic nitrogens is 3. The molecule has 1 rings (SSSR count). The van der Waals surface area contributed by atoms with Crippen LogP contribution in [0.25, 0.3) is 0 Å². The molecule has 1 unspecified atom stereocenters. The molecule has 0 aliphatic rings. The Hall–Kier alpha value is -0.940. The third-order valence-corrected chi connectivity index (χ3v) is 3.80. The molecular weight excluding hydrogens is 228 g/mol. The lowest BCUT2D eigenvalue weighted by Gasteiger charge is -2.39. The summed E-state index contributed by atoms with van der Waals surface area (Å²) in [6.07, 6.45) is 4.40. The van der Waals surface area contributed by atoms with Gasteiger partial charge in [0.15, 0.2) is 0 Å². The van der Waals surface area contributed by atoms with Crippen LogP contribution in [0.15, 0.2) is 6.33 Å². The van der Waals surface area contributed by atoms with Gasteiger partial charge < -0.3 is 10.1 Å². The van der Waals surface area contributed by atoms with Gasteiger partial charge in [0.25, 0.3) is 0 Å². The minimum Gasteiger partial charge on any atom is -0.374 e. The standard InChI is InChI=1S/C13H26N4O/c1-6-13(7-2,18-8-3)11(14-4)9-12-15-10-16-17(12)5/h10-11,14H,6-9H2,1-5H3. The number of hydrogen-bond donors (Lipinski definition) is 1. The van der Waals surface area contributed by atoms with E-state index in [4.69, 9.17) is 4.74 Å². The Morgan fingerprint density at radius 2 is 2.06 bits per heavy atom. The second-order valence-electron chi connectivity index (χ2n) is 4.55. The van der Waals surface area contributed by atoms with E-state index in [-0.39, 0.29) is 11.6 Å². The lowest BCUT2D eigenvalue weighted by molar-refractivity contribution is -0.0708. The lowest BCUT2D eigenvalue weighted by Crippen LogP contribution is -2.52. The molecule has 1 aromatic rings.